The molecule has 3 heteroatoms. The summed E-state index contributed by atoms with van der Waals surface area (Å²) in [5.41, 5.74) is 1.06. The molecular formula is C10H13ClOS. The summed E-state index contributed by atoms with van der Waals surface area (Å²) < 4.78 is 5.44. The molecule has 0 bridgehead atoms. The van der Waals surface area contributed by atoms with Crippen molar-refractivity contribution in [2.24, 2.45) is 0 Å². The summed E-state index contributed by atoms with van der Waals surface area (Å²) >= 11 is 7.73. The molecule has 0 fully saturated rings. The molecular weight excluding hydrogens is 204 g/mol. The average molecular weight is 217 g/mol. The zero-order valence-electron chi connectivity index (χ0n) is 7.63. The van der Waals surface area contributed by atoms with Gasteiger partial charge in [0.15, 0.2) is 0 Å². The van der Waals surface area contributed by atoms with Gasteiger partial charge in [-0.3, -0.25) is 0 Å². The van der Waals surface area contributed by atoms with Crippen LogP contribution in [-0.4, -0.2) is 18.6 Å². The molecule has 0 radical (unpaired) electrons. The molecule has 0 heterocycles. The lowest BCUT2D eigenvalue weighted by atomic mass is 10.2. The van der Waals surface area contributed by atoms with Gasteiger partial charge in [0.25, 0.3) is 0 Å². The van der Waals surface area contributed by atoms with E-state index in [4.69, 9.17) is 16.3 Å². The van der Waals surface area contributed by atoms with E-state index in [9.17, 15) is 0 Å². The van der Waals surface area contributed by atoms with Gasteiger partial charge in [-0.25, -0.2) is 0 Å². The Morgan fingerprint density at radius 1 is 1.38 bits per heavy atom. The number of hydrogen-bond donors (Lipinski definition) is 0. The van der Waals surface area contributed by atoms with Gasteiger partial charge in [-0.2, -0.15) is 11.8 Å². The van der Waals surface area contributed by atoms with Gasteiger partial charge >= 0.3 is 0 Å². The Labute approximate surface area is 88.4 Å². The molecule has 1 nitrogen and oxygen atoms in total. The second-order valence-corrected chi connectivity index (χ2v) is 4.03. The van der Waals surface area contributed by atoms with Crippen molar-refractivity contribution in [1.29, 1.82) is 0 Å². The zero-order valence-corrected chi connectivity index (χ0v) is 9.20. The lowest BCUT2D eigenvalue weighted by molar-refractivity contribution is 0.136. The van der Waals surface area contributed by atoms with Crippen LogP contribution in [0.3, 0.4) is 0 Å². The van der Waals surface area contributed by atoms with Crippen LogP contribution in [0.5, 0.6) is 0 Å². The van der Waals surface area contributed by atoms with E-state index in [2.05, 4.69) is 6.26 Å². The molecule has 0 aliphatic heterocycles. The van der Waals surface area contributed by atoms with Crippen molar-refractivity contribution in [3.8, 4) is 0 Å². The second kappa shape index (κ2) is 6.30. The fraction of sp³-hybridized carbons (Fsp3) is 0.400. The van der Waals surface area contributed by atoms with Crippen molar-refractivity contribution in [3.63, 3.8) is 0 Å². The molecule has 0 unspecified atom stereocenters. The monoisotopic (exact) mass is 216 g/mol. The highest BCUT2D eigenvalue weighted by atomic mass is 35.5. The largest absolute Gasteiger partial charge is 0.376 e. The first kappa shape index (κ1) is 10.9. The number of ether oxygens (including phenoxy) is 1. The molecule has 1 aromatic carbocycles. The van der Waals surface area contributed by atoms with Gasteiger partial charge in [0.1, 0.15) is 0 Å². The Morgan fingerprint density at radius 3 is 2.85 bits per heavy atom. The highest BCUT2D eigenvalue weighted by Crippen LogP contribution is 2.15. The predicted octanol–water partition coefficient (Wildman–Crippen LogP) is 3.22. The SMILES string of the molecule is CSCCOCc1ccccc1Cl. The van der Waals surface area contributed by atoms with Crippen molar-refractivity contribution < 1.29 is 4.74 Å². The highest BCUT2D eigenvalue weighted by molar-refractivity contribution is 7.98. The van der Waals surface area contributed by atoms with Crippen LogP contribution in [0.2, 0.25) is 5.02 Å². The number of benzene rings is 1. The third kappa shape index (κ3) is 4.03. The maximum atomic E-state index is 5.95. The van der Waals surface area contributed by atoms with Gasteiger partial charge in [-0.15, -0.1) is 0 Å². The van der Waals surface area contributed by atoms with E-state index in [1.54, 1.807) is 11.8 Å². The summed E-state index contributed by atoms with van der Waals surface area (Å²) in [6, 6.07) is 7.77. The summed E-state index contributed by atoms with van der Waals surface area (Å²) in [5, 5.41) is 0.784. The molecule has 0 saturated heterocycles. The Bertz CT molecular complexity index is 252. The van der Waals surface area contributed by atoms with Crippen LogP contribution < -0.4 is 0 Å². The minimum Gasteiger partial charge on any atom is -0.376 e. The summed E-state index contributed by atoms with van der Waals surface area (Å²) in [7, 11) is 0. The van der Waals surface area contributed by atoms with E-state index in [1.807, 2.05) is 24.3 Å². The molecule has 13 heavy (non-hydrogen) atoms. The average Bonchev–Trinajstić information content (AvgIpc) is 2.15. The number of hydrogen-bond acceptors (Lipinski definition) is 2. The number of halogens is 1. The Hall–Kier alpha value is -0.180. The van der Waals surface area contributed by atoms with Gasteiger partial charge in [-0.1, -0.05) is 29.8 Å². The van der Waals surface area contributed by atoms with Crippen LogP contribution in [0.1, 0.15) is 5.56 Å². The fourth-order valence-corrected chi connectivity index (χ4v) is 1.41. The number of thioether (sulfide) groups is 1. The number of rotatable bonds is 5. The molecule has 0 aliphatic rings. The summed E-state index contributed by atoms with van der Waals surface area (Å²) in [6.45, 7) is 1.40. The molecule has 0 aliphatic carbocycles. The third-order valence-corrected chi connectivity index (χ3v) is 2.59. The van der Waals surface area contributed by atoms with Gasteiger partial charge in [0.05, 0.1) is 13.2 Å². The van der Waals surface area contributed by atoms with Crippen molar-refractivity contribution >= 4 is 23.4 Å². The summed E-state index contributed by atoms with van der Waals surface area (Å²) in [5.74, 6) is 1.03. The minimum atomic E-state index is 0.611. The van der Waals surface area contributed by atoms with Crippen LogP contribution in [0.15, 0.2) is 24.3 Å². The lowest BCUT2D eigenvalue weighted by Gasteiger charge is -2.04. The zero-order chi connectivity index (χ0) is 9.52. The molecule has 0 saturated carbocycles. The first-order valence-corrected chi connectivity index (χ1v) is 5.92. The molecule has 1 aromatic rings. The van der Waals surface area contributed by atoms with Gasteiger partial charge < -0.3 is 4.74 Å². The van der Waals surface area contributed by atoms with Crippen LogP contribution in [0.25, 0.3) is 0 Å². The van der Waals surface area contributed by atoms with Crippen molar-refractivity contribution in [2.45, 2.75) is 6.61 Å². The van der Waals surface area contributed by atoms with Gasteiger partial charge in [0.2, 0.25) is 0 Å². The maximum Gasteiger partial charge on any atom is 0.0731 e. The van der Waals surface area contributed by atoms with Crippen molar-refractivity contribution in [1.82, 2.24) is 0 Å². The van der Waals surface area contributed by atoms with E-state index >= 15 is 0 Å². The quantitative estimate of drug-likeness (QED) is 0.699. The van der Waals surface area contributed by atoms with E-state index in [0.29, 0.717) is 6.61 Å². The second-order valence-electron chi connectivity index (χ2n) is 2.64. The van der Waals surface area contributed by atoms with Crippen LogP contribution in [-0.2, 0) is 11.3 Å². The molecule has 0 amide bonds. The first-order chi connectivity index (χ1) is 6.34. The lowest BCUT2D eigenvalue weighted by Crippen LogP contribution is -1.97. The molecule has 72 valence electrons. The van der Waals surface area contributed by atoms with Gasteiger partial charge in [0, 0.05) is 10.8 Å². The maximum absolute atomic E-state index is 5.95. The van der Waals surface area contributed by atoms with Crippen LogP contribution >= 0.6 is 23.4 Å². The van der Waals surface area contributed by atoms with Crippen LogP contribution in [0, 0.1) is 0 Å². The Kier molecular flexibility index (Phi) is 5.28. The smallest absolute Gasteiger partial charge is 0.0731 e. The topological polar surface area (TPSA) is 9.23 Å². The summed E-state index contributed by atoms with van der Waals surface area (Å²) in [6.07, 6.45) is 2.07. The molecule has 1 rings (SSSR count). The van der Waals surface area contributed by atoms with Gasteiger partial charge in [-0.05, 0) is 17.9 Å². The Morgan fingerprint density at radius 2 is 2.15 bits per heavy atom. The van der Waals surface area contributed by atoms with E-state index in [-0.39, 0.29) is 0 Å². The standard InChI is InChI=1S/C10H13ClOS/c1-13-7-6-12-8-9-4-2-3-5-10(9)11/h2-5H,6-8H2,1H3. The molecule has 0 aromatic heterocycles. The molecule has 0 spiro atoms. The predicted molar refractivity (Wildman–Crippen MR) is 59.5 cm³/mol. The molecule has 0 N–H and O–H groups in total. The third-order valence-electron chi connectivity index (χ3n) is 1.65. The van der Waals surface area contributed by atoms with E-state index in [1.165, 1.54) is 0 Å². The fourth-order valence-electron chi connectivity index (χ4n) is 0.940. The van der Waals surface area contributed by atoms with Crippen molar-refractivity contribution in [2.75, 3.05) is 18.6 Å². The highest BCUT2D eigenvalue weighted by Gasteiger charge is 1.97. The Balaban J connectivity index is 2.32. The normalized spacial score (nSPS) is 10.3. The van der Waals surface area contributed by atoms with E-state index < -0.39 is 0 Å². The minimum absolute atomic E-state index is 0.611. The van der Waals surface area contributed by atoms with E-state index in [0.717, 1.165) is 22.9 Å². The molecule has 0 atom stereocenters. The van der Waals surface area contributed by atoms with Crippen molar-refractivity contribution in [3.05, 3.63) is 34.9 Å². The summed E-state index contributed by atoms with van der Waals surface area (Å²) in [4.78, 5) is 0. The van der Waals surface area contributed by atoms with Crippen LogP contribution in [0.4, 0.5) is 0 Å². The first-order valence-electron chi connectivity index (χ1n) is 4.14.